The average Bonchev–Trinajstić information content (AvgIpc) is 3.11. The molecule has 3 amide bonds. The number of nitrogens with zero attached hydrogens (tertiary/aromatic N) is 3. The maximum atomic E-state index is 13.1. The van der Waals surface area contributed by atoms with Crippen LogP contribution in [0.4, 0.5) is 18.9 Å². The Labute approximate surface area is 188 Å². The van der Waals surface area contributed by atoms with E-state index in [-0.39, 0.29) is 43.0 Å². The van der Waals surface area contributed by atoms with E-state index in [0.717, 1.165) is 22.0 Å². The van der Waals surface area contributed by atoms with Crippen LogP contribution in [0.1, 0.15) is 31.7 Å². The predicted octanol–water partition coefficient (Wildman–Crippen LogP) is 1.66. The maximum Gasteiger partial charge on any atom is 0.418 e. The molecule has 0 radical (unpaired) electrons. The number of anilines is 1. The van der Waals surface area contributed by atoms with Crippen LogP contribution in [0.2, 0.25) is 0 Å². The van der Waals surface area contributed by atoms with Crippen molar-refractivity contribution in [2.75, 3.05) is 29.9 Å². The topological polar surface area (TPSA) is 116 Å². The van der Waals surface area contributed by atoms with E-state index in [9.17, 15) is 36.0 Å². The van der Waals surface area contributed by atoms with Crippen LogP contribution in [-0.2, 0) is 30.4 Å². The summed E-state index contributed by atoms with van der Waals surface area (Å²) in [5.74, 6) is -2.16. The van der Waals surface area contributed by atoms with Gasteiger partial charge in [-0.2, -0.15) is 18.3 Å². The van der Waals surface area contributed by atoms with Gasteiger partial charge in [-0.3, -0.25) is 14.4 Å². The molecule has 180 valence electrons. The lowest BCUT2D eigenvalue weighted by atomic mass is 10.1. The van der Waals surface area contributed by atoms with Crippen LogP contribution < -0.4 is 5.32 Å². The molecule has 2 heterocycles. The number of benzene rings is 1. The monoisotopic (exact) mass is 488 g/mol. The molecule has 1 N–H and O–H groups in total. The Morgan fingerprint density at radius 2 is 1.94 bits per heavy atom. The molecule has 0 aromatic heterocycles. The molecule has 1 aromatic rings. The van der Waals surface area contributed by atoms with E-state index in [0.29, 0.717) is 0 Å². The van der Waals surface area contributed by atoms with Crippen molar-refractivity contribution in [1.82, 2.24) is 9.91 Å². The third kappa shape index (κ3) is 5.89. The molecule has 1 saturated heterocycles. The van der Waals surface area contributed by atoms with Crippen LogP contribution in [0.3, 0.4) is 0 Å². The second-order valence-corrected chi connectivity index (χ2v) is 9.98. The second kappa shape index (κ2) is 9.49. The average molecular weight is 488 g/mol. The number of hydrazone groups is 1. The first-order valence-corrected chi connectivity index (χ1v) is 12.1. The van der Waals surface area contributed by atoms with Crippen molar-refractivity contribution >= 4 is 39.0 Å². The minimum Gasteiger partial charge on any atom is -0.329 e. The molecule has 0 aliphatic carbocycles. The fourth-order valence-electron chi connectivity index (χ4n) is 3.69. The quantitative estimate of drug-likeness (QED) is 0.654. The highest BCUT2D eigenvalue weighted by Crippen LogP contribution is 2.34. The highest BCUT2D eigenvalue weighted by molar-refractivity contribution is 7.91. The van der Waals surface area contributed by atoms with Crippen LogP contribution in [0, 0.1) is 0 Å². The van der Waals surface area contributed by atoms with E-state index in [1.54, 1.807) is 6.92 Å². The van der Waals surface area contributed by atoms with Gasteiger partial charge in [-0.25, -0.2) is 13.4 Å². The van der Waals surface area contributed by atoms with Crippen LogP contribution >= 0.6 is 0 Å². The number of likely N-dealkylation sites (N-methyl/N-ethyl adjacent to an activating group) is 1. The Hall–Kier alpha value is -2.96. The Morgan fingerprint density at radius 3 is 2.55 bits per heavy atom. The van der Waals surface area contributed by atoms with Gasteiger partial charge in [0.2, 0.25) is 11.8 Å². The first-order valence-electron chi connectivity index (χ1n) is 10.3. The number of hydrogen-bond acceptors (Lipinski definition) is 6. The van der Waals surface area contributed by atoms with Gasteiger partial charge < -0.3 is 10.2 Å². The number of halogens is 3. The SMILES string of the molecule is CCN(CC(=O)Nc1ccccc1C(F)(F)F)C(=O)C1=NN(C2CCS(=O)(=O)C2)C(=O)CC1. The van der Waals surface area contributed by atoms with E-state index in [1.807, 2.05) is 0 Å². The van der Waals surface area contributed by atoms with Crippen molar-refractivity contribution in [1.29, 1.82) is 0 Å². The van der Waals surface area contributed by atoms with Crippen molar-refractivity contribution in [2.45, 2.75) is 38.4 Å². The number of nitrogens with one attached hydrogen (secondary N) is 1. The molecule has 1 unspecified atom stereocenters. The van der Waals surface area contributed by atoms with E-state index < -0.39 is 57.6 Å². The summed E-state index contributed by atoms with van der Waals surface area (Å²) in [7, 11) is -3.28. The molecule has 2 aliphatic heterocycles. The van der Waals surface area contributed by atoms with Gasteiger partial charge in [-0.05, 0) is 25.5 Å². The summed E-state index contributed by atoms with van der Waals surface area (Å²) in [6, 6.07) is 3.85. The summed E-state index contributed by atoms with van der Waals surface area (Å²) in [6.07, 6.45) is -4.46. The third-order valence-corrected chi connectivity index (χ3v) is 7.12. The van der Waals surface area contributed by atoms with Crippen LogP contribution in [0.15, 0.2) is 29.4 Å². The lowest BCUT2D eigenvalue weighted by Crippen LogP contribution is -2.46. The lowest BCUT2D eigenvalue weighted by Gasteiger charge is -2.29. The highest BCUT2D eigenvalue weighted by atomic mass is 32.2. The molecule has 9 nitrogen and oxygen atoms in total. The normalized spacial score (nSPS) is 20.4. The fourth-order valence-corrected chi connectivity index (χ4v) is 5.38. The van der Waals surface area contributed by atoms with E-state index >= 15 is 0 Å². The zero-order valence-electron chi connectivity index (χ0n) is 17.8. The minimum absolute atomic E-state index is 0.00996. The highest BCUT2D eigenvalue weighted by Gasteiger charge is 2.38. The summed E-state index contributed by atoms with van der Waals surface area (Å²) < 4.78 is 62.9. The summed E-state index contributed by atoms with van der Waals surface area (Å²) in [5, 5.41) is 7.30. The van der Waals surface area contributed by atoms with Gasteiger partial charge in [0.25, 0.3) is 5.91 Å². The molecule has 1 aromatic carbocycles. The summed E-state index contributed by atoms with van der Waals surface area (Å²) in [6.45, 7) is 1.13. The van der Waals surface area contributed by atoms with Crippen LogP contribution in [0.25, 0.3) is 0 Å². The van der Waals surface area contributed by atoms with Crippen molar-refractivity contribution in [3.05, 3.63) is 29.8 Å². The number of para-hydroxylation sites is 1. The molecule has 33 heavy (non-hydrogen) atoms. The first kappa shape index (κ1) is 24.7. The largest absolute Gasteiger partial charge is 0.418 e. The van der Waals surface area contributed by atoms with Gasteiger partial charge >= 0.3 is 6.18 Å². The Bertz CT molecular complexity index is 1090. The van der Waals surface area contributed by atoms with Crippen molar-refractivity contribution < 1.29 is 36.0 Å². The summed E-state index contributed by atoms with van der Waals surface area (Å²) in [5.41, 5.74) is -1.44. The minimum atomic E-state index is -4.66. The van der Waals surface area contributed by atoms with Crippen LogP contribution in [0.5, 0.6) is 0 Å². The number of alkyl halides is 3. The first-order chi connectivity index (χ1) is 15.4. The summed E-state index contributed by atoms with van der Waals surface area (Å²) in [4.78, 5) is 38.7. The molecule has 13 heteroatoms. The number of hydrogen-bond donors (Lipinski definition) is 1. The standard InChI is InChI=1S/C20H23F3N4O5S/c1-2-26(11-17(28)24-15-6-4-3-5-14(15)20(21,22)23)19(30)16-7-8-18(29)27(25-16)13-9-10-33(31,32)12-13/h3-6,13H,2,7-12H2,1H3,(H,24,28). The fraction of sp³-hybridized carbons (Fsp3) is 0.500. The zero-order valence-corrected chi connectivity index (χ0v) is 18.6. The van der Waals surface area contributed by atoms with Crippen molar-refractivity contribution in [2.24, 2.45) is 5.10 Å². The summed E-state index contributed by atoms with van der Waals surface area (Å²) >= 11 is 0. The van der Waals surface area contributed by atoms with Gasteiger partial charge in [-0.1, -0.05) is 12.1 Å². The maximum absolute atomic E-state index is 13.1. The van der Waals surface area contributed by atoms with Crippen molar-refractivity contribution in [3.63, 3.8) is 0 Å². The Kier molecular flexibility index (Phi) is 7.10. The number of rotatable bonds is 6. The van der Waals surface area contributed by atoms with E-state index in [2.05, 4.69) is 10.4 Å². The molecule has 1 atom stereocenters. The molecule has 0 saturated carbocycles. The smallest absolute Gasteiger partial charge is 0.329 e. The van der Waals surface area contributed by atoms with Crippen LogP contribution in [-0.4, -0.2) is 72.4 Å². The molecular formula is C20H23F3N4O5S. The van der Waals surface area contributed by atoms with Gasteiger partial charge in [0.15, 0.2) is 9.84 Å². The molecule has 0 spiro atoms. The number of sulfone groups is 1. The molecule has 3 rings (SSSR count). The number of carbonyl (C=O) groups is 3. The lowest BCUT2D eigenvalue weighted by molar-refractivity contribution is -0.137. The van der Waals surface area contributed by atoms with Gasteiger partial charge in [0.05, 0.1) is 28.8 Å². The number of carbonyl (C=O) groups excluding carboxylic acids is 3. The molecular weight excluding hydrogens is 465 g/mol. The zero-order chi connectivity index (χ0) is 24.4. The predicted molar refractivity (Wildman–Crippen MR) is 113 cm³/mol. The number of amides is 3. The van der Waals surface area contributed by atoms with E-state index in [4.69, 9.17) is 0 Å². The molecule has 2 aliphatic rings. The molecule has 1 fully saturated rings. The Morgan fingerprint density at radius 1 is 1.24 bits per heavy atom. The Balaban J connectivity index is 1.72. The van der Waals surface area contributed by atoms with Gasteiger partial charge in [0.1, 0.15) is 12.3 Å². The van der Waals surface area contributed by atoms with Gasteiger partial charge in [0, 0.05) is 19.4 Å². The second-order valence-electron chi connectivity index (χ2n) is 7.75. The molecule has 0 bridgehead atoms. The van der Waals surface area contributed by atoms with Crippen molar-refractivity contribution in [3.8, 4) is 0 Å². The third-order valence-electron chi connectivity index (χ3n) is 5.37. The van der Waals surface area contributed by atoms with Gasteiger partial charge in [-0.15, -0.1) is 0 Å². The van der Waals surface area contributed by atoms with E-state index in [1.165, 1.54) is 12.1 Å².